The summed E-state index contributed by atoms with van der Waals surface area (Å²) < 4.78 is 48.0. The zero-order chi connectivity index (χ0) is 17.4. The second-order valence-electron chi connectivity index (χ2n) is 5.76. The van der Waals surface area contributed by atoms with Gasteiger partial charge < -0.3 is 15.2 Å². The minimum atomic E-state index is -4.50. The van der Waals surface area contributed by atoms with E-state index in [1.807, 2.05) is 0 Å². The molecule has 5 nitrogen and oxygen atoms in total. The summed E-state index contributed by atoms with van der Waals surface area (Å²) in [4.78, 5) is 23.7. The molecule has 1 aromatic carbocycles. The highest BCUT2D eigenvalue weighted by molar-refractivity contribution is 5.96. The maximum absolute atomic E-state index is 12.7. The van der Waals surface area contributed by atoms with E-state index in [0.29, 0.717) is 0 Å². The van der Waals surface area contributed by atoms with Crippen molar-refractivity contribution in [3.05, 3.63) is 35.4 Å². The van der Waals surface area contributed by atoms with Gasteiger partial charge in [0.2, 0.25) is 0 Å². The first-order chi connectivity index (χ1) is 10.5. The van der Waals surface area contributed by atoms with Gasteiger partial charge in [0.15, 0.2) is 5.92 Å². The van der Waals surface area contributed by atoms with Crippen molar-refractivity contribution in [3.63, 3.8) is 0 Å². The topological polar surface area (TPSA) is 78.6 Å². The average molecular weight is 331 g/mol. The lowest BCUT2D eigenvalue weighted by atomic mass is 9.93. The number of hydrogen-bond donors (Lipinski definition) is 1. The number of benzene rings is 1. The molecular weight excluding hydrogens is 315 g/mol. The van der Waals surface area contributed by atoms with Crippen LogP contribution in [0.15, 0.2) is 24.3 Å². The molecule has 1 aliphatic heterocycles. The van der Waals surface area contributed by atoms with Gasteiger partial charge in [-0.3, -0.25) is 9.59 Å². The van der Waals surface area contributed by atoms with Gasteiger partial charge in [-0.1, -0.05) is 12.1 Å². The van der Waals surface area contributed by atoms with Crippen molar-refractivity contribution < 1.29 is 32.2 Å². The number of alkyl halides is 3. The molecule has 0 aliphatic carbocycles. The Morgan fingerprint density at radius 1 is 1.22 bits per heavy atom. The Kier molecular flexibility index (Phi) is 4.39. The van der Waals surface area contributed by atoms with Crippen LogP contribution in [0.2, 0.25) is 0 Å². The van der Waals surface area contributed by atoms with Crippen molar-refractivity contribution >= 4 is 11.9 Å². The number of carbonyl (C=O) groups excluding carboxylic acids is 2. The minimum Gasteiger partial charge on any atom is -0.422 e. The predicted octanol–water partition coefficient (Wildman–Crippen LogP) is 2.55. The first kappa shape index (κ1) is 17.3. The lowest BCUT2D eigenvalue weighted by Crippen LogP contribution is -2.47. The van der Waals surface area contributed by atoms with E-state index < -0.39 is 41.4 Å². The number of nitrogens with two attached hydrogens (primary N) is 1. The third-order valence-electron chi connectivity index (χ3n) is 3.39. The van der Waals surface area contributed by atoms with Gasteiger partial charge in [0.1, 0.15) is 0 Å². The van der Waals surface area contributed by atoms with Gasteiger partial charge in [-0.25, -0.2) is 0 Å². The van der Waals surface area contributed by atoms with Crippen molar-refractivity contribution in [2.45, 2.75) is 38.3 Å². The molecule has 0 aromatic heterocycles. The third-order valence-corrected chi connectivity index (χ3v) is 3.39. The molecule has 0 bridgehead atoms. The number of cyclic esters (lactones) is 2. The summed E-state index contributed by atoms with van der Waals surface area (Å²) in [5.41, 5.74) is 5.17. The van der Waals surface area contributed by atoms with Crippen LogP contribution < -0.4 is 5.73 Å². The van der Waals surface area contributed by atoms with E-state index in [1.165, 1.54) is 26.0 Å². The lowest BCUT2D eigenvalue weighted by Gasteiger charge is -2.33. The third kappa shape index (κ3) is 4.01. The van der Waals surface area contributed by atoms with Crippen molar-refractivity contribution in [3.8, 4) is 0 Å². The molecule has 1 atom stereocenters. The number of hydrogen-bond acceptors (Lipinski definition) is 5. The van der Waals surface area contributed by atoms with Crippen LogP contribution in [0.25, 0.3) is 0 Å². The van der Waals surface area contributed by atoms with E-state index in [1.54, 1.807) is 0 Å². The maximum Gasteiger partial charge on any atom is 0.416 e. The SMILES string of the molecule is CC1(C)OC(=O)C(C[C@@H](N)c2cccc(C(F)(F)F)c2)C(=O)O1. The molecule has 1 fully saturated rings. The van der Waals surface area contributed by atoms with Crippen LogP contribution in [0.1, 0.15) is 37.4 Å². The minimum absolute atomic E-state index is 0.172. The molecule has 0 spiro atoms. The fraction of sp³-hybridized carbons (Fsp3) is 0.467. The molecule has 1 aliphatic rings. The van der Waals surface area contributed by atoms with E-state index >= 15 is 0 Å². The summed E-state index contributed by atoms with van der Waals surface area (Å²) in [6.45, 7) is 2.82. The Morgan fingerprint density at radius 2 is 1.78 bits per heavy atom. The molecule has 0 unspecified atom stereocenters. The maximum atomic E-state index is 12.7. The Labute approximate surface area is 130 Å². The Balaban J connectivity index is 2.15. The van der Waals surface area contributed by atoms with Crippen LogP contribution in [-0.2, 0) is 25.2 Å². The quantitative estimate of drug-likeness (QED) is 0.680. The first-order valence-corrected chi connectivity index (χ1v) is 6.88. The molecule has 2 N–H and O–H groups in total. The zero-order valence-electron chi connectivity index (χ0n) is 12.5. The van der Waals surface area contributed by atoms with Gasteiger partial charge in [0.25, 0.3) is 5.79 Å². The summed E-state index contributed by atoms with van der Waals surface area (Å²) in [5, 5.41) is 0. The normalized spacial score (nSPS) is 19.9. The van der Waals surface area contributed by atoms with Crippen molar-refractivity contribution in [1.82, 2.24) is 0 Å². The molecule has 0 saturated carbocycles. The molecule has 0 radical (unpaired) electrons. The fourth-order valence-corrected chi connectivity index (χ4v) is 2.27. The summed E-state index contributed by atoms with van der Waals surface area (Å²) in [6.07, 6.45) is -4.70. The Hall–Kier alpha value is -2.09. The van der Waals surface area contributed by atoms with Crippen LogP contribution in [-0.4, -0.2) is 17.7 Å². The summed E-state index contributed by atoms with van der Waals surface area (Å²) in [7, 11) is 0. The van der Waals surface area contributed by atoms with Crippen LogP contribution in [0, 0.1) is 5.92 Å². The second-order valence-corrected chi connectivity index (χ2v) is 5.76. The van der Waals surface area contributed by atoms with Crippen molar-refractivity contribution in [2.75, 3.05) is 0 Å². The zero-order valence-corrected chi connectivity index (χ0v) is 12.5. The molecule has 126 valence electrons. The number of rotatable bonds is 3. The number of carbonyl (C=O) groups is 2. The van der Waals surface area contributed by atoms with Crippen LogP contribution in [0.4, 0.5) is 13.2 Å². The van der Waals surface area contributed by atoms with Gasteiger partial charge in [0, 0.05) is 19.9 Å². The summed E-state index contributed by atoms with van der Waals surface area (Å²) in [5.74, 6) is -4.21. The average Bonchev–Trinajstić information content (AvgIpc) is 2.41. The molecule has 1 heterocycles. The molecule has 1 aromatic rings. The smallest absolute Gasteiger partial charge is 0.416 e. The van der Waals surface area contributed by atoms with E-state index in [0.717, 1.165) is 12.1 Å². The van der Waals surface area contributed by atoms with E-state index in [4.69, 9.17) is 15.2 Å². The van der Waals surface area contributed by atoms with Crippen molar-refractivity contribution in [1.29, 1.82) is 0 Å². The summed E-state index contributed by atoms with van der Waals surface area (Å²) >= 11 is 0. The molecule has 8 heteroatoms. The van der Waals surface area contributed by atoms with E-state index in [-0.39, 0.29) is 12.0 Å². The van der Waals surface area contributed by atoms with E-state index in [9.17, 15) is 22.8 Å². The highest BCUT2D eigenvalue weighted by Gasteiger charge is 2.44. The number of esters is 2. The highest BCUT2D eigenvalue weighted by atomic mass is 19.4. The molecule has 2 rings (SSSR count). The standard InChI is InChI=1S/C15H16F3NO4/c1-14(2)22-12(20)10(13(21)23-14)7-11(19)8-4-3-5-9(6-8)15(16,17)18/h3-6,10-11H,7,19H2,1-2H3/t11-/m1/s1. The number of halogens is 3. The first-order valence-electron chi connectivity index (χ1n) is 6.88. The van der Waals surface area contributed by atoms with Crippen LogP contribution >= 0.6 is 0 Å². The highest BCUT2D eigenvalue weighted by Crippen LogP contribution is 2.33. The largest absolute Gasteiger partial charge is 0.422 e. The molecule has 1 saturated heterocycles. The molecule has 23 heavy (non-hydrogen) atoms. The Morgan fingerprint density at radius 3 is 2.30 bits per heavy atom. The van der Waals surface area contributed by atoms with Crippen molar-refractivity contribution in [2.24, 2.45) is 11.7 Å². The van der Waals surface area contributed by atoms with Gasteiger partial charge in [0.05, 0.1) is 5.56 Å². The fourth-order valence-electron chi connectivity index (χ4n) is 2.27. The lowest BCUT2D eigenvalue weighted by molar-refractivity contribution is -0.240. The molecular formula is C15H16F3NO4. The molecule has 0 amide bonds. The van der Waals surface area contributed by atoms with Gasteiger partial charge in [-0.2, -0.15) is 13.2 Å². The summed E-state index contributed by atoms with van der Waals surface area (Å²) in [6, 6.07) is 3.50. The predicted molar refractivity (Wildman–Crippen MR) is 72.7 cm³/mol. The van der Waals surface area contributed by atoms with Gasteiger partial charge in [-0.15, -0.1) is 0 Å². The number of ether oxygens (including phenoxy) is 2. The van der Waals surface area contributed by atoms with E-state index in [2.05, 4.69) is 0 Å². The van der Waals surface area contributed by atoms with Gasteiger partial charge >= 0.3 is 18.1 Å². The van der Waals surface area contributed by atoms with Crippen LogP contribution in [0.5, 0.6) is 0 Å². The van der Waals surface area contributed by atoms with Gasteiger partial charge in [-0.05, 0) is 24.1 Å². The van der Waals surface area contributed by atoms with Crippen LogP contribution in [0.3, 0.4) is 0 Å². The monoisotopic (exact) mass is 331 g/mol. The Bertz CT molecular complexity index is 607. The second kappa shape index (κ2) is 5.84.